The quantitative estimate of drug-likeness (QED) is 0.0231. The lowest BCUT2D eigenvalue weighted by Gasteiger charge is -2.41. The number of esters is 5. The minimum absolute atomic E-state index is 0.0339. The number of hydrogen-bond donors (Lipinski definition) is 0. The number of carbonyl (C=O) groups excluding carboxylic acids is 5. The second-order valence-electron chi connectivity index (χ2n) is 18.9. The summed E-state index contributed by atoms with van der Waals surface area (Å²) in [5.74, 6) is -17.3. The van der Waals surface area contributed by atoms with Crippen molar-refractivity contribution in [3.8, 4) is 0 Å². The van der Waals surface area contributed by atoms with E-state index in [1.54, 1.807) is 19.1 Å². The standard InChI is InChI=1S/C43H60F10O11Si/c1-25(28-12-14-29(15-13-28)33(56)59-19-16-30-22-61-30)20-39(6,37(58)60-18-11-17-38(4,5)65(8,9)10)23-40(7,64-27(3)54)21-31(34(57)62-24-41(46,47)36(44)45)26(2)32(55)63-35(42(48,49)50)43(51,52)53/h12-15,25-26,30-31,35-36H,11,16-24H2,1-10H3. The number of benzene rings is 1. The molecule has 372 valence electrons. The number of hydrogen-bond acceptors (Lipinski definition) is 11. The highest BCUT2D eigenvalue weighted by Crippen LogP contribution is 2.45. The first-order chi connectivity index (χ1) is 29.4. The van der Waals surface area contributed by atoms with Gasteiger partial charge in [-0.15, -0.1) is 0 Å². The first-order valence-electron chi connectivity index (χ1n) is 20.9. The van der Waals surface area contributed by atoms with E-state index in [1.807, 2.05) is 0 Å². The molecule has 11 nitrogen and oxygen atoms in total. The van der Waals surface area contributed by atoms with Gasteiger partial charge in [0.25, 0.3) is 6.10 Å². The number of epoxide rings is 1. The van der Waals surface area contributed by atoms with Crippen LogP contribution < -0.4 is 0 Å². The largest absolute Gasteiger partial charge is 0.465 e. The highest BCUT2D eigenvalue weighted by atomic mass is 28.3. The van der Waals surface area contributed by atoms with Crippen molar-refractivity contribution in [2.75, 3.05) is 26.4 Å². The molecule has 22 heteroatoms. The number of carbonyl (C=O) groups is 5. The molecule has 2 rings (SSSR count). The van der Waals surface area contributed by atoms with Gasteiger partial charge in [0, 0.05) is 34.3 Å². The molecule has 0 amide bonds. The third kappa shape index (κ3) is 17.7. The molecule has 0 saturated carbocycles. The summed E-state index contributed by atoms with van der Waals surface area (Å²) in [6.45, 7) is 14.6. The van der Waals surface area contributed by atoms with E-state index in [9.17, 15) is 67.9 Å². The minimum atomic E-state index is -6.21. The lowest BCUT2D eigenvalue weighted by molar-refractivity contribution is -0.314. The van der Waals surface area contributed by atoms with Crippen molar-refractivity contribution in [2.45, 2.75) is 160 Å². The summed E-state index contributed by atoms with van der Waals surface area (Å²) in [7, 11) is -1.70. The van der Waals surface area contributed by atoms with Crippen LogP contribution in [0, 0.1) is 17.3 Å². The maximum atomic E-state index is 14.3. The predicted octanol–water partition coefficient (Wildman–Crippen LogP) is 10.4. The summed E-state index contributed by atoms with van der Waals surface area (Å²) in [6.07, 6.45) is -21.8. The van der Waals surface area contributed by atoms with Crippen molar-refractivity contribution < 1.29 is 96.3 Å². The molecule has 0 bridgehead atoms. The monoisotopic (exact) mass is 970 g/mol. The van der Waals surface area contributed by atoms with Gasteiger partial charge in [0.1, 0.15) is 5.60 Å². The average Bonchev–Trinajstić information content (AvgIpc) is 3.99. The van der Waals surface area contributed by atoms with E-state index in [2.05, 4.69) is 43.0 Å². The summed E-state index contributed by atoms with van der Waals surface area (Å²) >= 11 is 0. The van der Waals surface area contributed by atoms with Gasteiger partial charge < -0.3 is 28.4 Å². The van der Waals surface area contributed by atoms with Crippen molar-refractivity contribution >= 4 is 37.9 Å². The van der Waals surface area contributed by atoms with Crippen LogP contribution in [0.3, 0.4) is 0 Å². The Morgan fingerprint density at radius 1 is 0.800 bits per heavy atom. The zero-order valence-corrected chi connectivity index (χ0v) is 39.1. The third-order valence-electron chi connectivity index (χ3n) is 11.9. The van der Waals surface area contributed by atoms with E-state index in [0.717, 1.165) is 13.8 Å². The minimum Gasteiger partial charge on any atom is -0.465 e. The van der Waals surface area contributed by atoms with E-state index in [-0.39, 0.29) is 36.3 Å². The number of ether oxygens (including phenoxy) is 6. The summed E-state index contributed by atoms with van der Waals surface area (Å²) < 4.78 is 164. The Hall–Kier alpha value is -3.95. The molecule has 1 fully saturated rings. The molecule has 0 radical (unpaired) electrons. The summed E-state index contributed by atoms with van der Waals surface area (Å²) in [5, 5.41) is -0.0870. The van der Waals surface area contributed by atoms with Crippen molar-refractivity contribution in [3.63, 3.8) is 0 Å². The van der Waals surface area contributed by atoms with Crippen LogP contribution in [0.4, 0.5) is 43.9 Å². The van der Waals surface area contributed by atoms with Crippen LogP contribution in [0.25, 0.3) is 0 Å². The molecule has 0 aliphatic carbocycles. The van der Waals surface area contributed by atoms with Crippen molar-refractivity contribution in [1.82, 2.24) is 0 Å². The highest BCUT2D eigenvalue weighted by Gasteiger charge is 2.60. The Bertz CT molecular complexity index is 1760. The third-order valence-corrected chi connectivity index (χ3v) is 16.2. The van der Waals surface area contributed by atoms with Gasteiger partial charge in [0.05, 0.1) is 48.7 Å². The molecule has 65 heavy (non-hydrogen) atoms. The molecule has 0 N–H and O–H groups in total. The highest BCUT2D eigenvalue weighted by molar-refractivity contribution is 6.79. The molecule has 0 aromatic heterocycles. The molecule has 0 spiro atoms. The SMILES string of the molecule is CC(=O)OC(C)(CC(C(=O)OCC(F)(F)C(F)F)C(C)C(=O)OC(C(F)(F)F)C(F)(F)F)CC(C)(CC(C)c1ccc(C(=O)OCCC2CO2)cc1)C(=O)OCCCC(C)(C)[Si](C)(C)C. The Morgan fingerprint density at radius 3 is 1.83 bits per heavy atom. The normalized spacial score (nSPS) is 18.2. The van der Waals surface area contributed by atoms with E-state index in [4.69, 9.17) is 18.9 Å². The molecule has 1 aliphatic rings. The Morgan fingerprint density at radius 2 is 1.35 bits per heavy atom. The van der Waals surface area contributed by atoms with Gasteiger partial charge in [0.2, 0.25) is 0 Å². The first kappa shape index (κ1) is 57.2. The Kier molecular flexibility index (Phi) is 19.6. The van der Waals surface area contributed by atoms with Crippen LogP contribution in [0.1, 0.15) is 109 Å². The van der Waals surface area contributed by atoms with Crippen LogP contribution >= 0.6 is 0 Å². The molecule has 1 aromatic carbocycles. The molecule has 1 aromatic rings. The number of alkyl halides is 10. The van der Waals surface area contributed by atoms with Gasteiger partial charge in [-0.1, -0.05) is 59.5 Å². The van der Waals surface area contributed by atoms with Crippen LogP contribution in [0.2, 0.25) is 24.7 Å². The van der Waals surface area contributed by atoms with Crippen LogP contribution in [-0.2, 0) is 47.6 Å². The second-order valence-corrected chi connectivity index (χ2v) is 24.8. The van der Waals surface area contributed by atoms with Gasteiger partial charge >= 0.3 is 54.5 Å². The van der Waals surface area contributed by atoms with E-state index in [1.165, 1.54) is 19.1 Å². The van der Waals surface area contributed by atoms with Gasteiger partial charge in [-0.3, -0.25) is 19.2 Å². The van der Waals surface area contributed by atoms with Crippen molar-refractivity contribution in [2.24, 2.45) is 17.3 Å². The fourth-order valence-corrected chi connectivity index (χ4v) is 8.02. The van der Waals surface area contributed by atoms with Gasteiger partial charge in [-0.2, -0.15) is 35.1 Å². The average molecular weight is 971 g/mol. The summed E-state index contributed by atoms with van der Waals surface area (Å²) in [5.41, 5.74) is -3.22. The van der Waals surface area contributed by atoms with Crippen LogP contribution in [-0.4, -0.2) is 107 Å². The van der Waals surface area contributed by atoms with E-state index < -0.39 is 117 Å². The van der Waals surface area contributed by atoms with Crippen molar-refractivity contribution in [3.05, 3.63) is 35.4 Å². The van der Waals surface area contributed by atoms with Crippen LogP contribution in [0.5, 0.6) is 0 Å². The molecule has 6 unspecified atom stereocenters. The lowest BCUT2D eigenvalue weighted by atomic mass is 9.69. The Balaban J connectivity index is 2.62. The van der Waals surface area contributed by atoms with E-state index >= 15 is 0 Å². The fraction of sp³-hybridized carbons (Fsp3) is 0.744. The fourth-order valence-electron chi connectivity index (χ4n) is 7.09. The molecule has 1 aliphatic heterocycles. The van der Waals surface area contributed by atoms with Gasteiger partial charge in [-0.25, -0.2) is 13.6 Å². The molecule has 1 heterocycles. The summed E-state index contributed by atoms with van der Waals surface area (Å²) in [4.78, 5) is 66.0. The summed E-state index contributed by atoms with van der Waals surface area (Å²) in [6, 6.07) is 6.14. The van der Waals surface area contributed by atoms with Crippen LogP contribution in [0.15, 0.2) is 24.3 Å². The molecule has 1 saturated heterocycles. The zero-order chi connectivity index (χ0) is 50.1. The number of rotatable bonds is 25. The Labute approximate surface area is 372 Å². The van der Waals surface area contributed by atoms with Gasteiger partial charge in [-0.05, 0) is 61.8 Å². The number of halogens is 10. The maximum absolute atomic E-state index is 14.3. The molecular formula is C43H60F10O11Si. The topological polar surface area (TPSA) is 144 Å². The van der Waals surface area contributed by atoms with E-state index in [0.29, 0.717) is 38.4 Å². The smallest absolute Gasteiger partial charge is 0.434 e. The second kappa shape index (κ2) is 22.2. The maximum Gasteiger partial charge on any atom is 0.434 e. The van der Waals surface area contributed by atoms with Gasteiger partial charge in [0.15, 0.2) is 6.61 Å². The van der Waals surface area contributed by atoms with Crippen molar-refractivity contribution in [1.29, 1.82) is 0 Å². The first-order valence-corrected chi connectivity index (χ1v) is 24.4. The zero-order valence-electron chi connectivity index (χ0n) is 38.1. The molecule has 6 atom stereocenters. The molecular weight excluding hydrogens is 911 g/mol. The predicted molar refractivity (Wildman–Crippen MR) is 216 cm³/mol. The lowest BCUT2D eigenvalue weighted by Crippen LogP contribution is -2.49.